The Morgan fingerprint density at radius 2 is 1.95 bits per heavy atom. The molecule has 0 fully saturated rings. The second-order valence-corrected chi connectivity index (χ2v) is 6.27. The van der Waals surface area contributed by atoms with Crippen molar-refractivity contribution in [2.75, 3.05) is 0 Å². The number of hydrogen-bond donors (Lipinski definition) is 1. The fraction of sp³-hybridized carbons (Fsp3) is 0.353. The lowest BCUT2D eigenvalue weighted by Crippen LogP contribution is -2.25. The summed E-state index contributed by atoms with van der Waals surface area (Å²) in [6.45, 7) is 4.40. The van der Waals surface area contributed by atoms with E-state index in [0.717, 1.165) is 24.2 Å². The fourth-order valence-corrected chi connectivity index (χ4v) is 3.00. The third-order valence-electron chi connectivity index (χ3n) is 3.80. The molecule has 1 aromatic heterocycles. The van der Waals surface area contributed by atoms with Crippen LogP contribution in [0.3, 0.4) is 0 Å². The predicted molar refractivity (Wildman–Crippen MR) is 80.6 cm³/mol. The summed E-state index contributed by atoms with van der Waals surface area (Å²) in [6.07, 6.45) is 5.20. The van der Waals surface area contributed by atoms with E-state index in [1.807, 2.05) is 53.4 Å². The number of para-hydroxylation sites is 1. The first-order valence-electron chi connectivity index (χ1n) is 7.04. The van der Waals surface area contributed by atoms with Crippen molar-refractivity contribution in [3.63, 3.8) is 0 Å². The van der Waals surface area contributed by atoms with Crippen molar-refractivity contribution in [1.82, 2.24) is 9.78 Å². The molecule has 104 valence electrons. The molecule has 0 amide bonds. The molecular weight excluding hydrogens is 248 g/mol. The van der Waals surface area contributed by atoms with E-state index in [9.17, 15) is 5.11 Å². The van der Waals surface area contributed by atoms with Gasteiger partial charge in [0.25, 0.3) is 0 Å². The molecule has 1 aliphatic carbocycles. The number of hydrogen-bond acceptors (Lipinski definition) is 2. The standard InChI is InChI=1S/C17H20N2O/c1-17(2)11-13(10-15(20)12-17)16-8-9-18-19(16)14-6-4-3-5-7-14/h3-10,15,20H,11-12H2,1-2H3. The lowest BCUT2D eigenvalue weighted by atomic mass is 9.75. The van der Waals surface area contributed by atoms with Crippen molar-refractivity contribution in [3.8, 4) is 5.69 Å². The van der Waals surface area contributed by atoms with Gasteiger partial charge in [-0.2, -0.15) is 5.10 Å². The topological polar surface area (TPSA) is 38.0 Å². The molecule has 1 unspecified atom stereocenters. The second-order valence-electron chi connectivity index (χ2n) is 6.27. The number of aromatic nitrogens is 2. The fourth-order valence-electron chi connectivity index (χ4n) is 3.00. The van der Waals surface area contributed by atoms with E-state index in [-0.39, 0.29) is 11.5 Å². The van der Waals surface area contributed by atoms with Gasteiger partial charge >= 0.3 is 0 Å². The van der Waals surface area contributed by atoms with Gasteiger partial charge in [-0.05, 0) is 42.0 Å². The minimum absolute atomic E-state index is 0.120. The van der Waals surface area contributed by atoms with Crippen molar-refractivity contribution >= 4 is 5.57 Å². The summed E-state index contributed by atoms with van der Waals surface area (Å²) < 4.78 is 1.94. The number of benzene rings is 1. The molecule has 0 radical (unpaired) electrons. The molecule has 1 heterocycles. The monoisotopic (exact) mass is 268 g/mol. The van der Waals surface area contributed by atoms with Crippen molar-refractivity contribution in [2.45, 2.75) is 32.8 Å². The molecule has 3 rings (SSSR count). The zero-order chi connectivity index (χ0) is 14.2. The molecule has 0 saturated carbocycles. The van der Waals surface area contributed by atoms with Crippen molar-refractivity contribution in [2.24, 2.45) is 5.41 Å². The zero-order valence-corrected chi connectivity index (χ0v) is 12.0. The summed E-state index contributed by atoms with van der Waals surface area (Å²) in [5.74, 6) is 0. The summed E-state index contributed by atoms with van der Waals surface area (Å²) in [6, 6.07) is 12.1. The maximum atomic E-state index is 10.1. The van der Waals surface area contributed by atoms with E-state index < -0.39 is 0 Å². The molecule has 2 aromatic rings. The molecular formula is C17H20N2O. The van der Waals surface area contributed by atoms with Crippen LogP contribution in [0.15, 0.2) is 48.7 Å². The Balaban J connectivity index is 2.02. The lowest BCUT2D eigenvalue weighted by molar-refractivity contribution is 0.146. The van der Waals surface area contributed by atoms with Crippen LogP contribution in [0.5, 0.6) is 0 Å². The number of aliphatic hydroxyl groups excluding tert-OH is 1. The molecule has 0 spiro atoms. The van der Waals surface area contributed by atoms with E-state index in [1.165, 1.54) is 5.57 Å². The van der Waals surface area contributed by atoms with Crippen molar-refractivity contribution in [1.29, 1.82) is 0 Å². The molecule has 0 saturated heterocycles. The van der Waals surface area contributed by atoms with Gasteiger partial charge in [0.2, 0.25) is 0 Å². The molecule has 20 heavy (non-hydrogen) atoms. The molecule has 1 aliphatic rings. The molecule has 3 heteroatoms. The smallest absolute Gasteiger partial charge is 0.0732 e. The summed E-state index contributed by atoms with van der Waals surface area (Å²) in [4.78, 5) is 0. The molecule has 1 aromatic carbocycles. The van der Waals surface area contributed by atoms with E-state index in [2.05, 4.69) is 18.9 Å². The average Bonchev–Trinajstić information content (AvgIpc) is 2.86. The molecule has 0 bridgehead atoms. The van der Waals surface area contributed by atoms with Gasteiger partial charge in [0.1, 0.15) is 0 Å². The summed E-state index contributed by atoms with van der Waals surface area (Å²) in [7, 11) is 0. The minimum Gasteiger partial charge on any atom is -0.389 e. The first-order valence-corrected chi connectivity index (χ1v) is 7.04. The number of aliphatic hydroxyl groups is 1. The summed E-state index contributed by atoms with van der Waals surface area (Å²) in [5, 5.41) is 14.5. The van der Waals surface area contributed by atoms with Gasteiger partial charge in [-0.25, -0.2) is 4.68 Å². The van der Waals surface area contributed by atoms with Crippen LogP contribution in [-0.2, 0) is 0 Å². The largest absolute Gasteiger partial charge is 0.389 e. The highest BCUT2D eigenvalue weighted by Gasteiger charge is 2.29. The second kappa shape index (κ2) is 4.91. The Morgan fingerprint density at radius 3 is 2.65 bits per heavy atom. The van der Waals surface area contributed by atoms with Gasteiger partial charge < -0.3 is 5.11 Å². The number of rotatable bonds is 2. The SMILES string of the molecule is CC1(C)CC(c2ccnn2-c2ccccc2)=CC(O)C1. The third kappa shape index (κ3) is 2.54. The van der Waals surface area contributed by atoms with Crippen molar-refractivity contribution in [3.05, 3.63) is 54.4 Å². The molecule has 1 N–H and O–H groups in total. The van der Waals surface area contributed by atoms with E-state index in [4.69, 9.17) is 0 Å². The van der Waals surface area contributed by atoms with Crippen LogP contribution in [-0.4, -0.2) is 21.0 Å². The number of allylic oxidation sites excluding steroid dienone is 1. The van der Waals surface area contributed by atoms with Crippen molar-refractivity contribution < 1.29 is 5.11 Å². The quantitative estimate of drug-likeness (QED) is 0.906. The first-order chi connectivity index (χ1) is 9.55. The van der Waals surface area contributed by atoms with Gasteiger partial charge in [-0.3, -0.25) is 0 Å². The van der Waals surface area contributed by atoms with Crippen LogP contribution in [0.4, 0.5) is 0 Å². The maximum absolute atomic E-state index is 10.1. The zero-order valence-electron chi connectivity index (χ0n) is 12.0. The van der Waals surface area contributed by atoms with Crippen LogP contribution >= 0.6 is 0 Å². The maximum Gasteiger partial charge on any atom is 0.0732 e. The molecule has 1 atom stereocenters. The van der Waals surface area contributed by atoms with Gasteiger partial charge in [0, 0.05) is 0 Å². The van der Waals surface area contributed by atoms with Gasteiger partial charge in [-0.15, -0.1) is 0 Å². The van der Waals surface area contributed by atoms with Gasteiger partial charge in [0.05, 0.1) is 23.7 Å². The first kappa shape index (κ1) is 13.1. The summed E-state index contributed by atoms with van der Waals surface area (Å²) in [5.41, 5.74) is 3.42. The molecule has 0 aliphatic heterocycles. The summed E-state index contributed by atoms with van der Waals surface area (Å²) >= 11 is 0. The van der Waals surface area contributed by atoms with Crippen LogP contribution < -0.4 is 0 Å². The highest BCUT2D eigenvalue weighted by molar-refractivity contribution is 5.66. The highest BCUT2D eigenvalue weighted by Crippen LogP contribution is 2.39. The van der Waals surface area contributed by atoms with Crippen LogP contribution in [0, 0.1) is 5.41 Å². The Hall–Kier alpha value is -1.87. The minimum atomic E-state index is -0.368. The Morgan fingerprint density at radius 1 is 1.20 bits per heavy atom. The van der Waals surface area contributed by atoms with E-state index >= 15 is 0 Å². The van der Waals surface area contributed by atoms with Gasteiger partial charge in [0.15, 0.2) is 0 Å². The third-order valence-corrected chi connectivity index (χ3v) is 3.80. The lowest BCUT2D eigenvalue weighted by Gasteiger charge is -2.32. The van der Waals surface area contributed by atoms with Gasteiger partial charge in [-0.1, -0.05) is 38.1 Å². The highest BCUT2D eigenvalue weighted by atomic mass is 16.3. The average molecular weight is 268 g/mol. The Labute approximate surface area is 119 Å². The van der Waals surface area contributed by atoms with E-state index in [0.29, 0.717) is 0 Å². The number of nitrogens with zero attached hydrogens (tertiary/aromatic N) is 2. The van der Waals surface area contributed by atoms with Crippen LogP contribution in [0.1, 0.15) is 32.4 Å². The molecule has 3 nitrogen and oxygen atoms in total. The Bertz CT molecular complexity index is 625. The predicted octanol–water partition coefficient (Wildman–Crippen LogP) is 3.44. The normalized spacial score (nSPS) is 21.6. The van der Waals surface area contributed by atoms with E-state index in [1.54, 1.807) is 0 Å². The van der Waals surface area contributed by atoms with Crippen LogP contribution in [0.25, 0.3) is 11.3 Å². The van der Waals surface area contributed by atoms with Crippen LogP contribution in [0.2, 0.25) is 0 Å². The Kier molecular flexibility index (Phi) is 3.22.